The van der Waals surface area contributed by atoms with Crippen LogP contribution in [0.4, 0.5) is 5.82 Å². The number of methoxy groups -OCH3 is 1. The van der Waals surface area contributed by atoms with E-state index in [1.807, 2.05) is 0 Å². The van der Waals surface area contributed by atoms with Gasteiger partial charge in [0.05, 0.1) is 7.11 Å². The Kier molecular flexibility index (Phi) is 4.46. The maximum absolute atomic E-state index is 12.3. The van der Waals surface area contributed by atoms with Crippen LogP contribution in [0, 0.1) is 0 Å². The minimum atomic E-state index is -3.85. The summed E-state index contributed by atoms with van der Waals surface area (Å²) in [4.78, 5) is 7.44. The minimum absolute atomic E-state index is 0.0101. The fourth-order valence-electron chi connectivity index (χ4n) is 1.44. The van der Waals surface area contributed by atoms with Crippen LogP contribution in [0.3, 0.4) is 0 Å². The third-order valence-corrected chi connectivity index (χ3v) is 4.33. The van der Waals surface area contributed by atoms with Gasteiger partial charge < -0.3 is 4.74 Å². The first-order valence-electron chi connectivity index (χ1n) is 5.27. The number of sulfonamides is 1. The van der Waals surface area contributed by atoms with Gasteiger partial charge in [0, 0.05) is 10.7 Å². The Morgan fingerprint density at radius 2 is 2.10 bits per heavy atom. The van der Waals surface area contributed by atoms with Crippen LogP contribution < -0.4 is 9.46 Å². The van der Waals surface area contributed by atoms with Crippen molar-refractivity contribution in [3.05, 3.63) is 40.2 Å². The highest BCUT2D eigenvalue weighted by Gasteiger charge is 2.20. The first-order valence-corrected chi connectivity index (χ1v) is 7.93. The zero-order valence-corrected chi connectivity index (χ0v) is 13.3. The second kappa shape index (κ2) is 5.94. The molecule has 1 N–H and O–H groups in total. The number of benzene rings is 1. The second-order valence-corrected chi connectivity index (χ2v) is 6.52. The molecular weight excluding hydrogens is 370 g/mol. The lowest BCUT2D eigenvalue weighted by atomic mass is 10.3. The number of anilines is 1. The Hall–Kier alpha value is -1.38. The van der Waals surface area contributed by atoms with E-state index in [-0.39, 0.29) is 21.7 Å². The quantitative estimate of drug-likeness (QED) is 0.827. The number of nitrogens with one attached hydrogen (secondary N) is 1. The third kappa shape index (κ3) is 3.38. The molecule has 0 saturated heterocycles. The molecule has 0 aliphatic heterocycles. The van der Waals surface area contributed by atoms with Crippen molar-refractivity contribution in [1.29, 1.82) is 0 Å². The SMILES string of the molecule is COc1ccc(Br)cc1S(=O)(=O)Nc1ccnc(Cl)n1. The average Bonchev–Trinajstić information content (AvgIpc) is 2.38. The summed E-state index contributed by atoms with van der Waals surface area (Å²) in [5.41, 5.74) is 0. The van der Waals surface area contributed by atoms with Gasteiger partial charge in [-0.25, -0.2) is 13.4 Å². The molecule has 2 aromatic rings. The predicted octanol–water partition coefficient (Wildman–Crippen LogP) is 2.70. The molecule has 9 heteroatoms. The molecule has 106 valence electrons. The van der Waals surface area contributed by atoms with Crippen LogP contribution in [-0.4, -0.2) is 25.5 Å². The summed E-state index contributed by atoms with van der Waals surface area (Å²) in [6, 6.07) is 6.06. The maximum Gasteiger partial charge on any atom is 0.266 e. The van der Waals surface area contributed by atoms with Crippen molar-refractivity contribution in [2.45, 2.75) is 4.90 Å². The van der Waals surface area contributed by atoms with E-state index in [2.05, 4.69) is 30.6 Å². The van der Waals surface area contributed by atoms with E-state index in [1.165, 1.54) is 25.4 Å². The third-order valence-electron chi connectivity index (χ3n) is 2.28. The number of rotatable bonds is 4. The number of hydrogen-bond acceptors (Lipinski definition) is 5. The molecule has 1 aromatic heterocycles. The molecule has 0 unspecified atom stereocenters. The Bertz CT molecular complexity index is 739. The van der Waals surface area contributed by atoms with E-state index in [0.717, 1.165) is 0 Å². The van der Waals surface area contributed by atoms with Crippen LogP contribution in [0.1, 0.15) is 0 Å². The molecule has 20 heavy (non-hydrogen) atoms. The van der Waals surface area contributed by atoms with Crippen LogP contribution in [0.2, 0.25) is 5.28 Å². The number of nitrogens with zero attached hydrogens (tertiary/aromatic N) is 2. The maximum atomic E-state index is 12.3. The number of ether oxygens (including phenoxy) is 1. The summed E-state index contributed by atoms with van der Waals surface area (Å²) in [5, 5.41) is -0.0496. The fraction of sp³-hybridized carbons (Fsp3) is 0.0909. The molecular formula is C11H9BrClN3O3S. The standard InChI is InChI=1S/C11H9BrClN3O3S/c1-19-8-3-2-7(12)6-9(8)20(17,18)16-10-4-5-14-11(13)15-10/h2-6H,1H3,(H,14,15,16). The molecule has 0 atom stereocenters. The van der Waals surface area contributed by atoms with Gasteiger partial charge in [-0.1, -0.05) is 15.9 Å². The van der Waals surface area contributed by atoms with Gasteiger partial charge >= 0.3 is 0 Å². The summed E-state index contributed by atoms with van der Waals surface area (Å²) in [6.45, 7) is 0. The van der Waals surface area contributed by atoms with Gasteiger partial charge in [-0.3, -0.25) is 4.72 Å². The van der Waals surface area contributed by atoms with Gasteiger partial charge in [0.1, 0.15) is 16.5 Å². The van der Waals surface area contributed by atoms with Crippen molar-refractivity contribution in [3.63, 3.8) is 0 Å². The van der Waals surface area contributed by atoms with Crippen molar-refractivity contribution < 1.29 is 13.2 Å². The van der Waals surface area contributed by atoms with E-state index in [0.29, 0.717) is 4.47 Å². The van der Waals surface area contributed by atoms with E-state index in [1.54, 1.807) is 12.1 Å². The molecule has 0 bridgehead atoms. The van der Waals surface area contributed by atoms with Crippen molar-refractivity contribution in [1.82, 2.24) is 9.97 Å². The summed E-state index contributed by atoms with van der Waals surface area (Å²) < 4.78 is 32.6. The average molecular weight is 379 g/mol. The Morgan fingerprint density at radius 1 is 1.35 bits per heavy atom. The molecule has 1 aromatic carbocycles. The second-order valence-electron chi connectivity index (χ2n) is 3.61. The largest absolute Gasteiger partial charge is 0.495 e. The van der Waals surface area contributed by atoms with Crippen molar-refractivity contribution in [2.24, 2.45) is 0 Å². The van der Waals surface area contributed by atoms with Gasteiger partial charge in [0.25, 0.3) is 10.0 Å². The molecule has 0 aliphatic carbocycles. The lowest BCUT2D eigenvalue weighted by molar-refractivity contribution is 0.403. The van der Waals surface area contributed by atoms with Gasteiger partial charge in [-0.05, 0) is 35.9 Å². The first-order chi connectivity index (χ1) is 9.42. The highest BCUT2D eigenvalue weighted by molar-refractivity contribution is 9.10. The first kappa shape index (κ1) is 15.0. The highest BCUT2D eigenvalue weighted by atomic mass is 79.9. The summed E-state index contributed by atoms with van der Waals surface area (Å²) in [5.74, 6) is 0.299. The summed E-state index contributed by atoms with van der Waals surface area (Å²) >= 11 is 8.83. The topological polar surface area (TPSA) is 81.2 Å². The molecule has 1 heterocycles. The van der Waals surface area contributed by atoms with E-state index >= 15 is 0 Å². The van der Waals surface area contributed by atoms with Gasteiger partial charge in [0.2, 0.25) is 5.28 Å². The van der Waals surface area contributed by atoms with Crippen LogP contribution in [-0.2, 0) is 10.0 Å². The molecule has 0 saturated carbocycles. The molecule has 6 nitrogen and oxygen atoms in total. The number of aromatic nitrogens is 2. The smallest absolute Gasteiger partial charge is 0.266 e. The minimum Gasteiger partial charge on any atom is -0.495 e. The van der Waals surface area contributed by atoms with Crippen LogP contribution in [0.25, 0.3) is 0 Å². The van der Waals surface area contributed by atoms with Crippen molar-refractivity contribution in [2.75, 3.05) is 11.8 Å². The molecule has 0 spiro atoms. The molecule has 0 fully saturated rings. The summed E-state index contributed by atoms with van der Waals surface area (Å²) in [7, 11) is -2.46. The Morgan fingerprint density at radius 3 is 2.75 bits per heavy atom. The highest BCUT2D eigenvalue weighted by Crippen LogP contribution is 2.28. The number of hydrogen-bond donors (Lipinski definition) is 1. The molecule has 0 amide bonds. The van der Waals surface area contributed by atoms with E-state index < -0.39 is 10.0 Å². The van der Waals surface area contributed by atoms with Crippen LogP contribution in [0.5, 0.6) is 5.75 Å². The van der Waals surface area contributed by atoms with E-state index in [9.17, 15) is 8.42 Å². The number of halogens is 2. The summed E-state index contributed by atoms with van der Waals surface area (Å²) in [6.07, 6.45) is 1.35. The van der Waals surface area contributed by atoms with Gasteiger partial charge in [-0.2, -0.15) is 4.98 Å². The van der Waals surface area contributed by atoms with E-state index in [4.69, 9.17) is 16.3 Å². The zero-order chi connectivity index (χ0) is 14.8. The molecule has 0 radical (unpaired) electrons. The predicted molar refractivity (Wildman–Crippen MR) is 78.5 cm³/mol. The Balaban J connectivity index is 2.43. The normalized spacial score (nSPS) is 11.2. The van der Waals surface area contributed by atoms with Gasteiger partial charge in [-0.15, -0.1) is 0 Å². The molecule has 0 aliphatic rings. The lowest BCUT2D eigenvalue weighted by Crippen LogP contribution is -2.15. The van der Waals surface area contributed by atoms with Crippen LogP contribution >= 0.6 is 27.5 Å². The zero-order valence-electron chi connectivity index (χ0n) is 10.2. The monoisotopic (exact) mass is 377 g/mol. The van der Waals surface area contributed by atoms with Crippen LogP contribution in [0.15, 0.2) is 39.8 Å². The lowest BCUT2D eigenvalue weighted by Gasteiger charge is -2.11. The van der Waals surface area contributed by atoms with Crippen molar-refractivity contribution in [3.8, 4) is 5.75 Å². The van der Waals surface area contributed by atoms with Gasteiger partial charge in [0.15, 0.2) is 0 Å². The molecule has 2 rings (SSSR count). The Labute approximate surface area is 129 Å². The fourth-order valence-corrected chi connectivity index (χ4v) is 3.30. The van der Waals surface area contributed by atoms with Crippen molar-refractivity contribution >= 4 is 43.4 Å².